The summed E-state index contributed by atoms with van der Waals surface area (Å²) >= 11 is 0. The van der Waals surface area contributed by atoms with Gasteiger partial charge in [0.25, 0.3) is 5.56 Å². The van der Waals surface area contributed by atoms with Crippen LogP contribution in [0.2, 0.25) is 0 Å². The first-order valence-electron chi connectivity index (χ1n) is 7.96. The van der Waals surface area contributed by atoms with Gasteiger partial charge in [-0.15, -0.1) is 10.2 Å². The maximum absolute atomic E-state index is 12.2. The average molecular weight is 332 g/mol. The number of nitrogens with one attached hydrogen (secondary N) is 1. The molecule has 0 radical (unpaired) electrons. The van der Waals surface area contributed by atoms with Gasteiger partial charge in [-0.25, -0.2) is 4.79 Å². The molecule has 3 heterocycles. The van der Waals surface area contributed by atoms with E-state index in [-0.39, 0.29) is 18.5 Å². The van der Waals surface area contributed by atoms with E-state index in [1.54, 1.807) is 0 Å². The highest BCUT2D eigenvalue weighted by molar-refractivity contribution is 5.76. The molecule has 1 amide bonds. The lowest BCUT2D eigenvalue weighted by atomic mass is 10.1. The van der Waals surface area contributed by atoms with Gasteiger partial charge in [-0.2, -0.15) is 0 Å². The van der Waals surface area contributed by atoms with E-state index in [1.165, 1.54) is 23.9 Å². The third-order valence-electron chi connectivity index (χ3n) is 4.28. The van der Waals surface area contributed by atoms with Crippen molar-refractivity contribution in [1.29, 1.82) is 0 Å². The molecule has 0 saturated heterocycles. The molecule has 2 aromatic heterocycles. The van der Waals surface area contributed by atoms with Crippen LogP contribution in [0.5, 0.6) is 0 Å². The summed E-state index contributed by atoms with van der Waals surface area (Å²) < 4.78 is 4.25. The smallest absolute Gasteiger partial charge is 0.331 e. The first kappa shape index (κ1) is 16.2. The topological polar surface area (TPSA) is 104 Å². The first-order valence-corrected chi connectivity index (χ1v) is 7.96. The van der Waals surface area contributed by atoms with Gasteiger partial charge in [-0.3, -0.25) is 18.7 Å². The molecular formula is C15H20N6O3. The van der Waals surface area contributed by atoms with Gasteiger partial charge in [0.15, 0.2) is 0 Å². The van der Waals surface area contributed by atoms with Crippen LogP contribution in [0.4, 0.5) is 0 Å². The molecule has 0 aromatic carbocycles. The minimum absolute atomic E-state index is 0.0190. The zero-order valence-electron chi connectivity index (χ0n) is 13.7. The number of nitrogens with zero attached hydrogens (tertiary/aromatic N) is 5. The van der Waals surface area contributed by atoms with E-state index >= 15 is 0 Å². The fraction of sp³-hybridized carbons (Fsp3) is 0.533. The van der Waals surface area contributed by atoms with Crippen LogP contribution in [-0.4, -0.2) is 35.8 Å². The van der Waals surface area contributed by atoms with Crippen molar-refractivity contribution in [3.63, 3.8) is 0 Å². The SMILES string of the molecule is CCc1nnc2n1C[C@@H](NC(=O)Cn1ccc(=O)n(C)c1=O)CC2. The Morgan fingerprint density at radius 1 is 1.38 bits per heavy atom. The highest BCUT2D eigenvalue weighted by atomic mass is 16.2. The number of aromatic nitrogens is 5. The summed E-state index contributed by atoms with van der Waals surface area (Å²) in [5.41, 5.74) is -0.896. The van der Waals surface area contributed by atoms with E-state index in [2.05, 4.69) is 15.5 Å². The molecule has 1 N–H and O–H groups in total. The van der Waals surface area contributed by atoms with Crippen LogP contribution in [0.25, 0.3) is 0 Å². The van der Waals surface area contributed by atoms with Crippen LogP contribution >= 0.6 is 0 Å². The Bertz CT molecular complexity index is 865. The lowest BCUT2D eigenvalue weighted by molar-refractivity contribution is -0.122. The predicted octanol–water partition coefficient (Wildman–Crippen LogP) is -1.17. The minimum atomic E-state index is -0.504. The molecule has 9 heteroatoms. The van der Waals surface area contributed by atoms with Crippen molar-refractivity contribution in [2.45, 2.75) is 45.3 Å². The number of rotatable bonds is 4. The second-order valence-electron chi connectivity index (χ2n) is 5.92. The number of amides is 1. The maximum atomic E-state index is 12.2. The van der Waals surface area contributed by atoms with E-state index in [0.29, 0.717) is 6.54 Å². The number of aryl methyl sites for hydroxylation is 2. The normalized spacial score (nSPS) is 16.7. The summed E-state index contributed by atoms with van der Waals surface area (Å²) in [6.45, 7) is 2.55. The number of fused-ring (bicyclic) bond motifs is 1. The van der Waals surface area contributed by atoms with Crippen molar-refractivity contribution in [2.24, 2.45) is 7.05 Å². The Balaban J connectivity index is 1.67. The molecule has 1 aliphatic heterocycles. The van der Waals surface area contributed by atoms with Gasteiger partial charge in [0.05, 0.1) is 0 Å². The summed E-state index contributed by atoms with van der Waals surface area (Å²) in [6, 6.07) is 1.25. The summed E-state index contributed by atoms with van der Waals surface area (Å²) in [5.74, 6) is 1.61. The van der Waals surface area contributed by atoms with Gasteiger partial charge in [0.1, 0.15) is 18.2 Å². The third kappa shape index (κ3) is 3.01. The second-order valence-corrected chi connectivity index (χ2v) is 5.92. The Kier molecular flexibility index (Phi) is 4.32. The van der Waals surface area contributed by atoms with Crippen LogP contribution in [0.15, 0.2) is 21.9 Å². The van der Waals surface area contributed by atoms with Crippen molar-refractivity contribution >= 4 is 5.91 Å². The van der Waals surface area contributed by atoms with E-state index in [9.17, 15) is 14.4 Å². The maximum Gasteiger partial charge on any atom is 0.331 e. The summed E-state index contributed by atoms with van der Waals surface area (Å²) in [5, 5.41) is 11.3. The molecule has 0 spiro atoms. The minimum Gasteiger partial charge on any atom is -0.350 e. The summed E-state index contributed by atoms with van der Waals surface area (Å²) in [7, 11) is 1.39. The molecule has 0 bridgehead atoms. The largest absolute Gasteiger partial charge is 0.350 e. The zero-order chi connectivity index (χ0) is 17.3. The quantitative estimate of drug-likeness (QED) is 0.760. The molecule has 0 unspecified atom stereocenters. The molecular weight excluding hydrogens is 312 g/mol. The van der Waals surface area contributed by atoms with Crippen LogP contribution in [-0.2, 0) is 37.8 Å². The molecule has 0 aliphatic carbocycles. The Labute approximate surface area is 137 Å². The van der Waals surface area contributed by atoms with E-state index in [1.807, 2.05) is 11.5 Å². The molecule has 1 aliphatic rings. The van der Waals surface area contributed by atoms with Crippen LogP contribution in [0.1, 0.15) is 25.0 Å². The molecule has 1 atom stereocenters. The molecule has 9 nitrogen and oxygen atoms in total. The average Bonchev–Trinajstić information content (AvgIpc) is 2.97. The molecule has 2 aromatic rings. The van der Waals surface area contributed by atoms with Crippen molar-refractivity contribution < 1.29 is 4.79 Å². The van der Waals surface area contributed by atoms with Crippen molar-refractivity contribution in [1.82, 2.24) is 29.2 Å². The molecule has 0 fully saturated rings. The number of carbonyl (C=O) groups excluding carboxylic acids is 1. The fourth-order valence-corrected chi connectivity index (χ4v) is 2.93. The summed E-state index contributed by atoms with van der Waals surface area (Å²) in [6.07, 6.45) is 3.69. The highest BCUT2D eigenvalue weighted by Crippen LogP contribution is 2.15. The number of hydrogen-bond donors (Lipinski definition) is 1. The molecule has 3 rings (SSSR count). The van der Waals surface area contributed by atoms with Crippen molar-refractivity contribution in [3.05, 3.63) is 44.8 Å². The second kappa shape index (κ2) is 6.42. The lowest BCUT2D eigenvalue weighted by Crippen LogP contribution is -2.45. The van der Waals surface area contributed by atoms with Gasteiger partial charge >= 0.3 is 5.69 Å². The fourth-order valence-electron chi connectivity index (χ4n) is 2.93. The highest BCUT2D eigenvalue weighted by Gasteiger charge is 2.23. The molecule has 0 saturated carbocycles. The van der Waals surface area contributed by atoms with Crippen LogP contribution in [0, 0.1) is 0 Å². The standard InChI is InChI=1S/C15H20N6O3/c1-3-11-17-18-12-5-4-10(8-21(11)12)16-13(22)9-20-7-6-14(23)19(2)15(20)24/h6-7,10H,3-5,8-9H2,1-2H3,(H,16,22)/t10-/m0/s1. The summed E-state index contributed by atoms with van der Waals surface area (Å²) in [4.78, 5) is 35.6. The third-order valence-corrected chi connectivity index (χ3v) is 4.28. The van der Waals surface area contributed by atoms with Gasteiger partial charge in [-0.05, 0) is 6.42 Å². The van der Waals surface area contributed by atoms with Crippen molar-refractivity contribution in [2.75, 3.05) is 0 Å². The zero-order valence-corrected chi connectivity index (χ0v) is 13.7. The van der Waals surface area contributed by atoms with Crippen molar-refractivity contribution in [3.8, 4) is 0 Å². The monoisotopic (exact) mass is 332 g/mol. The van der Waals surface area contributed by atoms with Crippen LogP contribution < -0.4 is 16.6 Å². The van der Waals surface area contributed by atoms with E-state index in [4.69, 9.17) is 0 Å². The van der Waals surface area contributed by atoms with Gasteiger partial charge in [-0.1, -0.05) is 6.92 Å². The van der Waals surface area contributed by atoms with E-state index < -0.39 is 11.2 Å². The van der Waals surface area contributed by atoms with Gasteiger partial charge in [0.2, 0.25) is 5.91 Å². The van der Waals surface area contributed by atoms with E-state index in [0.717, 1.165) is 35.5 Å². The molecule has 24 heavy (non-hydrogen) atoms. The van der Waals surface area contributed by atoms with Gasteiger partial charge in [0, 0.05) is 44.7 Å². The first-order chi connectivity index (χ1) is 11.5. The Morgan fingerprint density at radius 2 is 2.17 bits per heavy atom. The Morgan fingerprint density at radius 3 is 2.92 bits per heavy atom. The number of hydrogen-bond acceptors (Lipinski definition) is 5. The van der Waals surface area contributed by atoms with Crippen LogP contribution in [0.3, 0.4) is 0 Å². The van der Waals surface area contributed by atoms with Gasteiger partial charge < -0.3 is 9.88 Å². The number of carbonyl (C=O) groups is 1. The molecule has 128 valence electrons. The lowest BCUT2D eigenvalue weighted by Gasteiger charge is -2.25. The Hall–Kier alpha value is -2.71. The predicted molar refractivity (Wildman–Crippen MR) is 85.6 cm³/mol.